The van der Waals surface area contributed by atoms with E-state index in [1.165, 1.54) is 6.20 Å². The summed E-state index contributed by atoms with van der Waals surface area (Å²) in [5.74, 6) is -0.242. The van der Waals surface area contributed by atoms with Crippen molar-refractivity contribution in [2.45, 2.75) is 26.8 Å². The molecule has 1 atom stereocenters. The number of nitrogens with zero attached hydrogens (tertiary/aromatic N) is 2. The second kappa shape index (κ2) is 6.83. The fourth-order valence-corrected chi connectivity index (χ4v) is 1.93. The van der Waals surface area contributed by atoms with E-state index in [9.17, 15) is 4.79 Å². The number of hydrogen-bond acceptors (Lipinski definition) is 4. The van der Waals surface area contributed by atoms with Gasteiger partial charge in [-0.25, -0.2) is 4.98 Å². The lowest BCUT2D eigenvalue weighted by atomic mass is 9.87. The highest BCUT2D eigenvalue weighted by atomic mass is 35.5. The van der Waals surface area contributed by atoms with Crippen molar-refractivity contribution in [1.82, 2.24) is 15.3 Å². The lowest BCUT2D eigenvalue weighted by molar-refractivity contribution is 0.0900. The summed E-state index contributed by atoms with van der Waals surface area (Å²) in [6, 6.07) is 7.35. The molecule has 0 aliphatic carbocycles. The van der Waals surface area contributed by atoms with Crippen molar-refractivity contribution in [2.24, 2.45) is 11.1 Å². The topological polar surface area (TPSA) is 80.9 Å². The molecule has 0 aliphatic heterocycles. The third kappa shape index (κ3) is 4.12. The molecule has 3 N–H and O–H groups in total. The highest BCUT2D eigenvalue weighted by molar-refractivity contribution is 5.94. The van der Waals surface area contributed by atoms with Crippen molar-refractivity contribution in [3.05, 3.63) is 36.2 Å². The fraction of sp³-hybridized carbons (Fsp3) is 0.400. The van der Waals surface area contributed by atoms with E-state index in [-0.39, 0.29) is 29.8 Å². The fourth-order valence-electron chi connectivity index (χ4n) is 1.93. The number of hydrogen-bond donors (Lipinski definition) is 2. The van der Waals surface area contributed by atoms with Crippen LogP contribution in [0, 0.1) is 5.41 Å². The van der Waals surface area contributed by atoms with Gasteiger partial charge in [-0.2, -0.15) is 0 Å². The number of para-hydroxylation sites is 2. The van der Waals surface area contributed by atoms with Gasteiger partial charge in [-0.3, -0.25) is 9.78 Å². The van der Waals surface area contributed by atoms with Crippen LogP contribution in [-0.2, 0) is 0 Å². The third-order valence-corrected chi connectivity index (χ3v) is 3.27. The smallest absolute Gasteiger partial charge is 0.271 e. The quantitative estimate of drug-likeness (QED) is 0.910. The molecule has 1 unspecified atom stereocenters. The third-order valence-electron chi connectivity index (χ3n) is 3.27. The Morgan fingerprint density at radius 1 is 1.29 bits per heavy atom. The molecule has 2 rings (SSSR count). The first-order valence-corrected chi connectivity index (χ1v) is 6.64. The summed E-state index contributed by atoms with van der Waals surface area (Å²) in [7, 11) is 0. The van der Waals surface area contributed by atoms with E-state index in [1.807, 2.05) is 45.0 Å². The van der Waals surface area contributed by atoms with Crippen molar-refractivity contribution >= 4 is 29.3 Å². The number of benzene rings is 1. The van der Waals surface area contributed by atoms with Crippen molar-refractivity contribution in [3.8, 4) is 0 Å². The van der Waals surface area contributed by atoms with Crippen LogP contribution in [0.4, 0.5) is 0 Å². The van der Waals surface area contributed by atoms with Crippen LogP contribution >= 0.6 is 12.4 Å². The molecule has 1 aromatic heterocycles. The Bertz CT molecular complexity index is 624. The van der Waals surface area contributed by atoms with Gasteiger partial charge in [0, 0.05) is 12.6 Å². The first-order valence-electron chi connectivity index (χ1n) is 6.64. The Balaban J connectivity index is 0.00000220. The number of aromatic nitrogens is 2. The molecule has 21 heavy (non-hydrogen) atoms. The molecule has 1 aromatic carbocycles. The van der Waals surface area contributed by atoms with E-state index in [2.05, 4.69) is 15.3 Å². The zero-order valence-corrected chi connectivity index (χ0v) is 13.3. The molecule has 0 bridgehead atoms. The maximum Gasteiger partial charge on any atom is 0.271 e. The first kappa shape index (κ1) is 17.3. The molecule has 0 aliphatic rings. The Labute approximate surface area is 130 Å². The van der Waals surface area contributed by atoms with E-state index in [4.69, 9.17) is 5.73 Å². The first-order chi connectivity index (χ1) is 9.41. The molecule has 2 aromatic rings. The number of fused-ring (bicyclic) bond motifs is 1. The van der Waals surface area contributed by atoms with Crippen molar-refractivity contribution < 1.29 is 4.79 Å². The maximum absolute atomic E-state index is 12.2. The monoisotopic (exact) mass is 308 g/mol. The van der Waals surface area contributed by atoms with Gasteiger partial charge >= 0.3 is 0 Å². The van der Waals surface area contributed by atoms with Gasteiger partial charge in [0.1, 0.15) is 5.69 Å². The minimum absolute atomic E-state index is 0. The van der Waals surface area contributed by atoms with Crippen molar-refractivity contribution in [1.29, 1.82) is 0 Å². The minimum Gasteiger partial charge on any atom is -0.346 e. The summed E-state index contributed by atoms with van der Waals surface area (Å²) < 4.78 is 0. The zero-order valence-electron chi connectivity index (χ0n) is 12.5. The van der Waals surface area contributed by atoms with Gasteiger partial charge in [0.05, 0.1) is 17.2 Å². The summed E-state index contributed by atoms with van der Waals surface area (Å²) in [6.07, 6.45) is 1.49. The van der Waals surface area contributed by atoms with Gasteiger partial charge in [-0.05, 0) is 17.5 Å². The number of nitrogens with two attached hydrogens (primary N) is 1. The number of halogens is 1. The standard InChI is InChI=1S/C15H20N4O.ClH/c1-15(2,3)13(8-16)19-14(20)12-9-17-10-6-4-5-7-11(10)18-12;/h4-7,9,13H,8,16H2,1-3H3,(H,19,20);1H. The van der Waals surface area contributed by atoms with E-state index >= 15 is 0 Å². The molecular formula is C15H21ClN4O. The summed E-state index contributed by atoms with van der Waals surface area (Å²) >= 11 is 0. The molecule has 0 radical (unpaired) electrons. The molecule has 0 fully saturated rings. The Morgan fingerprint density at radius 2 is 1.90 bits per heavy atom. The predicted octanol–water partition coefficient (Wildman–Crippen LogP) is 2.15. The largest absolute Gasteiger partial charge is 0.346 e. The highest BCUT2D eigenvalue weighted by Crippen LogP contribution is 2.18. The summed E-state index contributed by atoms with van der Waals surface area (Å²) in [5, 5.41) is 2.92. The van der Waals surface area contributed by atoms with E-state index in [0.29, 0.717) is 17.8 Å². The number of amides is 1. The van der Waals surface area contributed by atoms with Crippen molar-refractivity contribution in [3.63, 3.8) is 0 Å². The van der Waals surface area contributed by atoms with Gasteiger partial charge in [-0.1, -0.05) is 32.9 Å². The molecule has 5 nitrogen and oxygen atoms in total. The van der Waals surface area contributed by atoms with Crippen LogP contribution in [0.3, 0.4) is 0 Å². The Kier molecular flexibility index (Phi) is 5.63. The molecule has 0 saturated heterocycles. The van der Waals surface area contributed by atoms with Crippen LogP contribution in [0.5, 0.6) is 0 Å². The lowest BCUT2D eigenvalue weighted by Crippen LogP contribution is -2.48. The van der Waals surface area contributed by atoms with Gasteiger partial charge in [-0.15, -0.1) is 12.4 Å². The maximum atomic E-state index is 12.2. The molecule has 0 saturated carbocycles. The SMILES string of the molecule is CC(C)(C)C(CN)NC(=O)c1cnc2ccccc2n1.Cl. The van der Waals surface area contributed by atoms with E-state index in [0.717, 1.165) is 5.52 Å². The lowest BCUT2D eigenvalue weighted by Gasteiger charge is -2.30. The van der Waals surface area contributed by atoms with Gasteiger partial charge in [0.2, 0.25) is 0 Å². The van der Waals surface area contributed by atoms with Crippen LogP contribution in [-0.4, -0.2) is 28.5 Å². The minimum atomic E-state index is -0.242. The summed E-state index contributed by atoms with van der Waals surface area (Å²) in [6.45, 7) is 6.50. The van der Waals surface area contributed by atoms with Gasteiger partial charge < -0.3 is 11.1 Å². The highest BCUT2D eigenvalue weighted by Gasteiger charge is 2.25. The van der Waals surface area contributed by atoms with Crippen LogP contribution in [0.2, 0.25) is 0 Å². The Morgan fingerprint density at radius 3 is 2.48 bits per heavy atom. The number of nitrogens with one attached hydrogen (secondary N) is 1. The number of carbonyl (C=O) groups is 1. The van der Waals surface area contributed by atoms with E-state index in [1.54, 1.807) is 0 Å². The Hall–Kier alpha value is -1.72. The van der Waals surface area contributed by atoms with Crippen molar-refractivity contribution in [2.75, 3.05) is 6.54 Å². The van der Waals surface area contributed by atoms with Crippen LogP contribution < -0.4 is 11.1 Å². The second-order valence-corrected chi connectivity index (χ2v) is 5.87. The molecule has 6 heteroatoms. The van der Waals surface area contributed by atoms with Crippen LogP contribution in [0.15, 0.2) is 30.5 Å². The van der Waals surface area contributed by atoms with Gasteiger partial charge in [0.25, 0.3) is 5.91 Å². The average molecular weight is 309 g/mol. The molecule has 1 amide bonds. The second-order valence-electron chi connectivity index (χ2n) is 5.87. The van der Waals surface area contributed by atoms with Crippen LogP contribution in [0.25, 0.3) is 11.0 Å². The van der Waals surface area contributed by atoms with E-state index < -0.39 is 0 Å². The summed E-state index contributed by atoms with van der Waals surface area (Å²) in [5.41, 5.74) is 7.42. The predicted molar refractivity (Wildman–Crippen MR) is 86.5 cm³/mol. The van der Waals surface area contributed by atoms with Crippen LogP contribution in [0.1, 0.15) is 31.3 Å². The molecule has 114 valence electrons. The van der Waals surface area contributed by atoms with Gasteiger partial charge in [0.15, 0.2) is 0 Å². The zero-order chi connectivity index (χ0) is 14.8. The molecule has 0 spiro atoms. The summed E-state index contributed by atoms with van der Waals surface area (Å²) in [4.78, 5) is 20.8. The average Bonchev–Trinajstić information content (AvgIpc) is 2.42. The number of rotatable bonds is 3. The molecular weight excluding hydrogens is 288 g/mol. The molecule has 1 heterocycles. The normalized spacial score (nSPS) is 12.6. The number of carbonyl (C=O) groups excluding carboxylic acids is 1.